The molecule has 5 unspecified atom stereocenters. The quantitative estimate of drug-likeness (QED) is 0.560. The first-order valence-corrected chi connectivity index (χ1v) is 7.59. The van der Waals surface area contributed by atoms with Crippen LogP contribution in [0.3, 0.4) is 0 Å². The summed E-state index contributed by atoms with van der Waals surface area (Å²) in [5.41, 5.74) is -4.89. The van der Waals surface area contributed by atoms with E-state index >= 15 is 0 Å². The van der Waals surface area contributed by atoms with Crippen molar-refractivity contribution in [2.45, 2.75) is 37.1 Å². The van der Waals surface area contributed by atoms with Crippen LogP contribution in [-0.2, 0) is 19.1 Å². The van der Waals surface area contributed by atoms with E-state index in [4.69, 9.17) is 14.6 Å². The minimum atomic E-state index is -2.70. The molecule has 0 aromatic heterocycles. The molecule has 0 aromatic carbocycles. The van der Waals surface area contributed by atoms with Gasteiger partial charge in [0.15, 0.2) is 5.54 Å². The van der Waals surface area contributed by atoms with Crippen LogP contribution in [0.5, 0.6) is 0 Å². The molecule has 0 heterocycles. The molecule has 24 heavy (non-hydrogen) atoms. The van der Waals surface area contributed by atoms with E-state index in [0.29, 0.717) is 6.42 Å². The molecule has 2 aliphatic carbocycles. The number of ether oxygens (including phenoxy) is 2. The Balaban J connectivity index is 2.33. The van der Waals surface area contributed by atoms with Gasteiger partial charge in [-0.1, -0.05) is 19.6 Å². The second kappa shape index (κ2) is 6.39. The lowest BCUT2D eigenvalue weighted by Gasteiger charge is -2.35. The summed E-state index contributed by atoms with van der Waals surface area (Å²) in [6.45, 7) is 5.20. The highest BCUT2D eigenvalue weighted by molar-refractivity contribution is 5.93. The maximum Gasteiger partial charge on any atom is 0.408 e. The van der Waals surface area contributed by atoms with Crippen molar-refractivity contribution in [3.63, 3.8) is 0 Å². The molecule has 5 atom stereocenters. The Morgan fingerprint density at radius 3 is 2.54 bits per heavy atom. The number of fused-ring (bicyclic) bond motifs is 1. The largest absolute Gasteiger partial charge is 0.479 e. The fourth-order valence-electron chi connectivity index (χ4n) is 3.57. The van der Waals surface area contributed by atoms with Crippen LogP contribution in [0.2, 0.25) is 0 Å². The van der Waals surface area contributed by atoms with E-state index in [1.54, 1.807) is 6.92 Å². The lowest BCUT2D eigenvalue weighted by molar-refractivity contribution is -0.158. The fraction of sp³-hybridized carbons (Fsp3) is 0.667. The van der Waals surface area contributed by atoms with Gasteiger partial charge in [-0.25, -0.2) is 18.8 Å². The Morgan fingerprint density at radius 2 is 2.04 bits per heavy atom. The van der Waals surface area contributed by atoms with Gasteiger partial charge in [0, 0.05) is 18.4 Å². The molecule has 2 aliphatic rings. The van der Waals surface area contributed by atoms with Gasteiger partial charge in [0.25, 0.3) is 0 Å². The fourth-order valence-corrected chi connectivity index (χ4v) is 3.57. The molecule has 9 heteroatoms. The number of carbonyl (C=O) groups is 3. The number of aliphatic carboxylic acids is 2. The first kappa shape index (κ1) is 18.2. The molecule has 134 valence electrons. The van der Waals surface area contributed by atoms with Gasteiger partial charge >= 0.3 is 18.0 Å². The third-order valence-electron chi connectivity index (χ3n) is 4.60. The number of alkyl carbamates (subject to hydrolysis) is 1. The summed E-state index contributed by atoms with van der Waals surface area (Å²) < 4.78 is 24.9. The minimum absolute atomic E-state index is 0.110. The van der Waals surface area contributed by atoms with Crippen LogP contribution in [0.1, 0.15) is 19.8 Å². The highest BCUT2D eigenvalue weighted by Gasteiger charge is 2.86. The third kappa shape index (κ3) is 2.52. The predicted octanol–water partition coefficient (Wildman–Crippen LogP) is 0.960. The second-order valence-electron chi connectivity index (χ2n) is 5.94. The normalized spacial score (nSPS) is 36.5. The maximum absolute atomic E-state index is 14.7. The molecular weight excluding hydrogens is 325 g/mol. The average Bonchev–Trinajstić information content (AvgIpc) is 2.97. The van der Waals surface area contributed by atoms with Crippen molar-refractivity contribution < 1.29 is 38.5 Å². The van der Waals surface area contributed by atoms with Crippen LogP contribution in [0.4, 0.5) is 9.18 Å². The Hall–Kier alpha value is -2.16. The van der Waals surface area contributed by atoms with Gasteiger partial charge in [-0.2, -0.15) is 0 Å². The Kier molecular flexibility index (Phi) is 4.84. The minimum Gasteiger partial charge on any atom is -0.479 e. The second-order valence-corrected chi connectivity index (χ2v) is 5.94. The van der Waals surface area contributed by atoms with Crippen LogP contribution in [0.25, 0.3) is 0 Å². The summed E-state index contributed by atoms with van der Waals surface area (Å²) in [6, 6.07) is 0. The average molecular weight is 345 g/mol. The van der Waals surface area contributed by atoms with Crippen LogP contribution < -0.4 is 5.32 Å². The van der Waals surface area contributed by atoms with E-state index in [-0.39, 0.29) is 19.6 Å². The number of carboxylic acids is 2. The van der Waals surface area contributed by atoms with Crippen LogP contribution >= 0.6 is 0 Å². The summed E-state index contributed by atoms with van der Waals surface area (Å²) in [4.78, 5) is 35.0. The topological polar surface area (TPSA) is 122 Å². The number of alkyl halides is 1. The molecular formula is C15H20FNO7. The van der Waals surface area contributed by atoms with E-state index in [0.717, 1.165) is 0 Å². The molecule has 2 saturated carbocycles. The highest BCUT2D eigenvalue weighted by Crippen LogP contribution is 2.67. The van der Waals surface area contributed by atoms with E-state index in [2.05, 4.69) is 11.9 Å². The highest BCUT2D eigenvalue weighted by atomic mass is 19.1. The summed E-state index contributed by atoms with van der Waals surface area (Å²) >= 11 is 0. The number of amides is 1. The van der Waals surface area contributed by atoms with Gasteiger partial charge in [-0.15, -0.1) is 0 Å². The Labute approximate surface area is 137 Å². The van der Waals surface area contributed by atoms with E-state index in [9.17, 15) is 23.9 Å². The standard InChI is InChI=1S/C15H20FNO7/c1-3-5-23-9-7-8-10(14(8,16)11(18)19)15(9,12(20)21)17-13(22)24-6-4-2/h4,8-10H,2-3,5-7H2,1H3,(H,17,22)(H,18,19)(H,20,21). The monoisotopic (exact) mass is 345 g/mol. The number of carbonyl (C=O) groups excluding carboxylic acids is 1. The van der Waals surface area contributed by atoms with E-state index in [1.807, 2.05) is 0 Å². The van der Waals surface area contributed by atoms with Gasteiger partial charge in [0.05, 0.1) is 6.10 Å². The lowest BCUT2D eigenvalue weighted by atomic mass is 9.86. The van der Waals surface area contributed by atoms with Crippen molar-refractivity contribution in [2.75, 3.05) is 13.2 Å². The van der Waals surface area contributed by atoms with Gasteiger partial charge in [-0.05, 0) is 12.8 Å². The molecule has 0 radical (unpaired) electrons. The summed E-state index contributed by atoms with van der Waals surface area (Å²) in [5.74, 6) is -5.74. The molecule has 8 nitrogen and oxygen atoms in total. The first-order valence-electron chi connectivity index (χ1n) is 7.59. The zero-order chi connectivity index (χ0) is 18.1. The third-order valence-corrected chi connectivity index (χ3v) is 4.60. The number of carboxylic acid groups (broad SMARTS) is 2. The van der Waals surface area contributed by atoms with Crippen molar-refractivity contribution in [1.82, 2.24) is 5.32 Å². The van der Waals surface area contributed by atoms with Crippen molar-refractivity contribution >= 4 is 18.0 Å². The predicted molar refractivity (Wildman–Crippen MR) is 78.2 cm³/mol. The summed E-state index contributed by atoms with van der Waals surface area (Å²) in [6.07, 6.45) is -0.375. The number of hydrogen-bond acceptors (Lipinski definition) is 5. The van der Waals surface area contributed by atoms with Gasteiger partial charge in [0.2, 0.25) is 5.67 Å². The Bertz CT molecular complexity index is 568. The van der Waals surface area contributed by atoms with Crippen LogP contribution in [0, 0.1) is 11.8 Å². The van der Waals surface area contributed by atoms with Crippen LogP contribution in [0.15, 0.2) is 12.7 Å². The van der Waals surface area contributed by atoms with Crippen molar-refractivity contribution in [3.05, 3.63) is 12.7 Å². The van der Waals surface area contributed by atoms with Gasteiger partial charge < -0.3 is 25.0 Å². The molecule has 3 N–H and O–H groups in total. The van der Waals surface area contributed by atoms with Crippen LogP contribution in [-0.4, -0.2) is 58.8 Å². The zero-order valence-electron chi connectivity index (χ0n) is 13.2. The number of halogens is 1. The van der Waals surface area contributed by atoms with Gasteiger partial charge in [-0.3, -0.25) is 0 Å². The Morgan fingerprint density at radius 1 is 1.38 bits per heavy atom. The van der Waals surface area contributed by atoms with Crippen molar-refractivity contribution in [1.29, 1.82) is 0 Å². The molecule has 0 aliphatic heterocycles. The van der Waals surface area contributed by atoms with Crippen molar-refractivity contribution in [2.24, 2.45) is 11.8 Å². The molecule has 2 rings (SSSR count). The summed E-state index contributed by atoms with van der Waals surface area (Å²) in [7, 11) is 0. The number of rotatable bonds is 8. The molecule has 0 aromatic rings. The maximum atomic E-state index is 14.7. The molecule has 0 bridgehead atoms. The lowest BCUT2D eigenvalue weighted by Crippen LogP contribution is -2.64. The van der Waals surface area contributed by atoms with E-state index in [1.165, 1.54) is 6.08 Å². The molecule has 2 fully saturated rings. The SMILES string of the molecule is C=CCOC(=O)NC1(C(=O)O)C(OCCC)CC2C1C2(F)C(=O)O. The molecule has 1 amide bonds. The zero-order valence-corrected chi connectivity index (χ0v) is 13.2. The number of nitrogens with one attached hydrogen (secondary N) is 1. The van der Waals surface area contributed by atoms with E-state index < -0.39 is 47.2 Å². The van der Waals surface area contributed by atoms with Crippen molar-refractivity contribution in [3.8, 4) is 0 Å². The molecule has 0 saturated heterocycles. The first-order chi connectivity index (χ1) is 11.3. The van der Waals surface area contributed by atoms with Gasteiger partial charge in [0.1, 0.15) is 6.61 Å². The summed E-state index contributed by atoms with van der Waals surface area (Å²) in [5, 5.41) is 20.9. The molecule has 0 spiro atoms. The number of hydrogen-bond donors (Lipinski definition) is 3. The smallest absolute Gasteiger partial charge is 0.408 e.